The molecule has 2 aliphatic rings. The van der Waals surface area contributed by atoms with Gasteiger partial charge >= 0.3 is 0 Å². The second kappa shape index (κ2) is 7.13. The number of carbonyl (C=O) groups is 1. The quantitative estimate of drug-likeness (QED) is 0.836. The van der Waals surface area contributed by atoms with E-state index in [0.717, 1.165) is 31.2 Å². The lowest BCUT2D eigenvalue weighted by atomic mass is 10.1. The second-order valence-electron chi connectivity index (χ2n) is 6.34. The van der Waals surface area contributed by atoms with Crippen molar-refractivity contribution < 1.29 is 14.6 Å². The van der Waals surface area contributed by atoms with E-state index < -0.39 is 0 Å². The number of hydrogen-bond donors (Lipinski definition) is 1. The summed E-state index contributed by atoms with van der Waals surface area (Å²) >= 11 is 0. The molecule has 0 radical (unpaired) electrons. The van der Waals surface area contributed by atoms with Crippen LogP contribution in [0.2, 0.25) is 0 Å². The number of likely N-dealkylation sites (tertiary alicyclic amines) is 1. The number of aromatic nitrogens is 2. The van der Waals surface area contributed by atoms with Gasteiger partial charge in [-0.05, 0) is 50.2 Å². The van der Waals surface area contributed by atoms with Gasteiger partial charge in [-0.1, -0.05) is 6.07 Å². The van der Waals surface area contributed by atoms with Crippen LogP contribution in [0.25, 0.3) is 5.52 Å². The number of rotatable bonds is 5. The minimum atomic E-state index is -0.261. The van der Waals surface area contributed by atoms with Gasteiger partial charge in [0.1, 0.15) is 18.1 Å². The van der Waals surface area contributed by atoms with Crippen LogP contribution in [0.4, 0.5) is 5.69 Å². The lowest BCUT2D eigenvalue weighted by Crippen LogP contribution is -2.25. The molecular formula is C19H20N4O3. The summed E-state index contributed by atoms with van der Waals surface area (Å²) in [5, 5.41) is 14.5. The van der Waals surface area contributed by atoms with E-state index >= 15 is 0 Å². The summed E-state index contributed by atoms with van der Waals surface area (Å²) in [6.45, 7) is 3.60. The maximum Gasteiger partial charge on any atom is 0.260 e. The van der Waals surface area contributed by atoms with Crippen molar-refractivity contribution in [3.05, 3.63) is 48.4 Å². The van der Waals surface area contributed by atoms with Crippen LogP contribution in [0.5, 0.6) is 5.88 Å². The third-order valence-corrected chi connectivity index (χ3v) is 4.51. The van der Waals surface area contributed by atoms with Gasteiger partial charge in [0.2, 0.25) is 0 Å². The molecule has 1 aliphatic heterocycles. The molecule has 7 nitrogen and oxygen atoms in total. The first-order valence-electron chi connectivity index (χ1n) is 8.75. The maximum atomic E-state index is 11.3. The van der Waals surface area contributed by atoms with E-state index in [1.165, 1.54) is 25.0 Å². The standard InChI is InChI=1S/C19H20N4O3/c24-14-6-7-15(17(25)13-14)20-18-16-5-1-2-10-23(16)21-19(18)26-12-11-22-8-3-4-9-22/h1-2,5-7,10,13,25H,3-4,8-9,11-12H2/b20-15+. The highest BCUT2D eigenvalue weighted by Gasteiger charge is 2.18. The maximum absolute atomic E-state index is 11.3. The number of pyridine rings is 1. The SMILES string of the molecule is O=C1C=C/C(=N\c2c(OCCN3CCCC3)nn3ccccc23)C(O)=C1. The van der Waals surface area contributed by atoms with Crippen LogP contribution in [0.3, 0.4) is 0 Å². The van der Waals surface area contributed by atoms with E-state index in [2.05, 4.69) is 15.0 Å². The van der Waals surface area contributed by atoms with E-state index in [1.807, 2.05) is 24.4 Å². The second-order valence-corrected chi connectivity index (χ2v) is 6.34. The molecule has 1 fully saturated rings. The van der Waals surface area contributed by atoms with Crippen LogP contribution < -0.4 is 4.74 Å². The first-order chi connectivity index (χ1) is 12.7. The summed E-state index contributed by atoms with van der Waals surface area (Å²) in [6, 6.07) is 5.66. The van der Waals surface area contributed by atoms with Gasteiger partial charge in [-0.3, -0.25) is 9.69 Å². The fourth-order valence-corrected chi connectivity index (χ4v) is 3.16. The lowest BCUT2D eigenvalue weighted by Gasteiger charge is -2.14. The van der Waals surface area contributed by atoms with Crippen LogP contribution in [0.1, 0.15) is 12.8 Å². The van der Waals surface area contributed by atoms with E-state index in [9.17, 15) is 9.90 Å². The number of ketones is 1. The Bertz CT molecular complexity index is 920. The number of aliphatic hydroxyl groups excluding tert-OH is 1. The van der Waals surface area contributed by atoms with Crippen LogP contribution in [0.15, 0.2) is 53.4 Å². The molecule has 2 aromatic rings. The zero-order valence-electron chi connectivity index (χ0n) is 14.3. The Morgan fingerprint density at radius 3 is 2.88 bits per heavy atom. The van der Waals surface area contributed by atoms with Gasteiger partial charge in [-0.25, -0.2) is 9.51 Å². The third-order valence-electron chi connectivity index (χ3n) is 4.51. The summed E-state index contributed by atoms with van der Waals surface area (Å²) in [5.41, 5.74) is 1.63. The molecular weight excluding hydrogens is 332 g/mol. The van der Waals surface area contributed by atoms with Crippen molar-refractivity contribution in [2.24, 2.45) is 4.99 Å². The number of carbonyl (C=O) groups excluding carboxylic acids is 1. The van der Waals surface area contributed by atoms with Crippen molar-refractivity contribution in [3.8, 4) is 5.88 Å². The fraction of sp³-hybridized carbons (Fsp3) is 0.316. The Balaban J connectivity index is 1.62. The molecule has 3 heterocycles. The number of ether oxygens (including phenoxy) is 1. The van der Waals surface area contributed by atoms with Crippen molar-refractivity contribution in [1.29, 1.82) is 0 Å². The van der Waals surface area contributed by atoms with Crippen LogP contribution in [-0.4, -0.2) is 57.4 Å². The summed E-state index contributed by atoms with van der Waals surface area (Å²) in [6.07, 6.45) is 8.32. The Kier molecular flexibility index (Phi) is 4.53. The monoisotopic (exact) mass is 352 g/mol. The van der Waals surface area contributed by atoms with E-state index in [1.54, 1.807) is 4.52 Å². The number of allylic oxidation sites excluding steroid dienone is 3. The molecule has 0 spiro atoms. The molecule has 1 N–H and O–H groups in total. The van der Waals surface area contributed by atoms with Crippen molar-refractivity contribution >= 4 is 22.7 Å². The number of aliphatic imine (C=N–C) groups is 1. The van der Waals surface area contributed by atoms with E-state index in [0.29, 0.717) is 23.9 Å². The number of hydrogen-bond acceptors (Lipinski definition) is 6. The topological polar surface area (TPSA) is 79.4 Å². The van der Waals surface area contributed by atoms with Gasteiger partial charge in [0.15, 0.2) is 11.5 Å². The molecule has 0 unspecified atom stereocenters. The third kappa shape index (κ3) is 3.39. The predicted molar refractivity (Wildman–Crippen MR) is 98.3 cm³/mol. The van der Waals surface area contributed by atoms with Gasteiger partial charge < -0.3 is 9.84 Å². The first kappa shape index (κ1) is 16.5. The van der Waals surface area contributed by atoms with E-state index in [-0.39, 0.29) is 11.5 Å². The molecule has 0 aromatic carbocycles. The van der Waals surface area contributed by atoms with Crippen LogP contribution in [-0.2, 0) is 4.79 Å². The highest BCUT2D eigenvalue weighted by atomic mass is 16.5. The molecule has 2 aromatic heterocycles. The fourth-order valence-electron chi connectivity index (χ4n) is 3.16. The Morgan fingerprint density at radius 2 is 2.08 bits per heavy atom. The van der Waals surface area contributed by atoms with Crippen LogP contribution in [0, 0.1) is 0 Å². The van der Waals surface area contributed by atoms with Gasteiger partial charge in [-0.2, -0.15) is 0 Å². The van der Waals surface area contributed by atoms with Crippen molar-refractivity contribution in [1.82, 2.24) is 14.5 Å². The minimum Gasteiger partial charge on any atom is -0.506 e. The molecule has 134 valence electrons. The Hall–Kier alpha value is -2.93. The molecule has 7 heteroatoms. The predicted octanol–water partition coefficient (Wildman–Crippen LogP) is 2.46. The molecule has 0 saturated carbocycles. The number of aliphatic hydroxyl groups is 1. The normalized spacial score (nSPS) is 19.5. The summed E-state index contributed by atoms with van der Waals surface area (Å²) < 4.78 is 7.61. The van der Waals surface area contributed by atoms with Crippen LogP contribution >= 0.6 is 0 Å². The van der Waals surface area contributed by atoms with Gasteiger partial charge in [0.25, 0.3) is 5.88 Å². The zero-order chi connectivity index (χ0) is 17.9. The van der Waals surface area contributed by atoms with Crippen molar-refractivity contribution in [3.63, 3.8) is 0 Å². The highest BCUT2D eigenvalue weighted by molar-refractivity contribution is 6.19. The number of nitrogens with zero attached hydrogens (tertiary/aromatic N) is 4. The first-order valence-corrected chi connectivity index (χ1v) is 8.75. The largest absolute Gasteiger partial charge is 0.506 e. The summed E-state index contributed by atoms with van der Waals surface area (Å²) in [5.74, 6) is 0.000181. The smallest absolute Gasteiger partial charge is 0.260 e. The molecule has 0 atom stereocenters. The average molecular weight is 352 g/mol. The van der Waals surface area contributed by atoms with Crippen molar-refractivity contribution in [2.75, 3.05) is 26.2 Å². The van der Waals surface area contributed by atoms with Gasteiger partial charge in [-0.15, -0.1) is 5.10 Å². The average Bonchev–Trinajstić information content (AvgIpc) is 3.26. The Labute approximate surface area is 150 Å². The van der Waals surface area contributed by atoms with Crippen molar-refractivity contribution in [2.45, 2.75) is 12.8 Å². The highest BCUT2D eigenvalue weighted by Crippen LogP contribution is 2.32. The summed E-state index contributed by atoms with van der Waals surface area (Å²) in [7, 11) is 0. The number of fused-ring (bicyclic) bond motifs is 1. The molecule has 1 aliphatic carbocycles. The minimum absolute atomic E-state index is 0.157. The summed E-state index contributed by atoms with van der Waals surface area (Å²) in [4.78, 5) is 18.2. The molecule has 0 amide bonds. The molecule has 0 bridgehead atoms. The van der Waals surface area contributed by atoms with Gasteiger partial charge in [0.05, 0.1) is 5.52 Å². The molecule has 4 rings (SSSR count). The molecule has 26 heavy (non-hydrogen) atoms. The lowest BCUT2D eigenvalue weighted by molar-refractivity contribution is -0.110. The van der Waals surface area contributed by atoms with Gasteiger partial charge in [0, 0.05) is 18.8 Å². The Morgan fingerprint density at radius 1 is 1.23 bits per heavy atom. The van der Waals surface area contributed by atoms with E-state index in [4.69, 9.17) is 4.74 Å². The zero-order valence-corrected chi connectivity index (χ0v) is 14.3. The molecule has 1 saturated heterocycles.